The monoisotopic (exact) mass is 525 g/mol. The zero-order valence-corrected chi connectivity index (χ0v) is 23.0. The Morgan fingerprint density at radius 3 is 2.49 bits per heavy atom. The van der Waals surface area contributed by atoms with Gasteiger partial charge < -0.3 is 14.4 Å². The fourth-order valence-corrected chi connectivity index (χ4v) is 5.29. The van der Waals surface area contributed by atoms with Gasteiger partial charge in [-0.1, -0.05) is 60.9 Å². The molecule has 0 bridgehead atoms. The van der Waals surface area contributed by atoms with E-state index in [1.807, 2.05) is 44.2 Å². The zero-order chi connectivity index (χ0) is 26.7. The summed E-state index contributed by atoms with van der Waals surface area (Å²) in [5.74, 6) is 0.610. The molecule has 8 heteroatoms. The van der Waals surface area contributed by atoms with E-state index in [1.165, 1.54) is 0 Å². The number of halogens is 1. The summed E-state index contributed by atoms with van der Waals surface area (Å²) in [5, 5.41) is 14.7. The highest BCUT2D eigenvalue weighted by Crippen LogP contribution is 2.33. The van der Waals surface area contributed by atoms with Crippen molar-refractivity contribution in [3.63, 3.8) is 0 Å². The molecule has 1 saturated heterocycles. The summed E-state index contributed by atoms with van der Waals surface area (Å²) < 4.78 is 11.4. The minimum absolute atomic E-state index is 0.0850. The number of piperidine rings is 1. The van der Waals surface area contributed by atoms with E-state index >= 15 is 0 Å². The van der Waals surface area contributed by atoms with Gasteiger partial charge in [0, 0.05) is 41.7 Å². The number of aliphatic carboxylic acids is 1. The number of rotatable bonds is 9. The number of likely N-dealkylation sites (tertiary alicyclic amines) is 1. The SMILES string of the molecule is CC(C)Cc1ccc(-c2nc(-c3ccc(CN4CCC(OC(C)C)(C(=O)O)CC4C)cc3)no2)cc1Cl. The Morgan fingerprint density at radius 1 is 1.19 bits per heavy atom. The van der Waals surface area contributed by atoms with Crippen molar-refractivity contribution in [2.75, 3.05) is 6.54 Å². The average Bonchev–Trinajstić information content (AvgIpc) is 3.32. The van der Waals surface area contributed by atoms with Crippen LogP contribution in [0, 0.1) is 5.92 Å². The number of hydrogen-bond donors (Lipinski definition) is 1. The molecule has 1 aliphatic rings. The van der Waals surface area contributed by atoms with Crippen LogP contribution in [0.15, 0.2) is 47.0 Å². The first-order chi connectivity index (χ1) is 17.6. The highest BCUT2D eigenvalue weighted by Gasteiger charge is 2.46. The van der Waals surface area contributed by atoms with E-state index in [-0.39, 0.29) is 12.1 Å². The molecule has 0 amide bonds. The van der Waals surface area contributed by atoms with Crippen LogP contribution in [-0.4, -0.2) is 50.4 Å². The molecule has 0 radical (unpaired) electrons. The molecule has 2 heterocycles. The fourth-order valence-electron chi connectivity index (χ4n) is 5.03. The summed E-state index contributed by atoms with van der Waals surface area (Å²) in [6.07, 6.45) is 1.72. The molecule has 1 fully saturated rings. The summed E-state index contributed by atoms with van der Waals surface area (Å²) in [5.41, 5.74) is 2.80. The minimum Gasteiger partial charge on any atom is -0.479 e. The molecule has 7 nitrogen and oxygen atoms in total. The average molecular weight is 526 g/mol. The third kappa shape index (κ3) is 6.40. The second kappa shape index (κ2) is 11.3. The lowest BCUT2D eigenvalue weighted by Crippen LogP contribution is -2.55. The molecule has 1 aliphatic heterocycles. The molecule has 3 aromatic rings. The smallest absolute Gasteiger partial charge is 0.336 e. The summed E-state index contributed by atoms with van der Waals surface area (Å²) in [7, 11) is 0. The Hall–Kier alpha value is -2.74. The number of carboxylic acids is 1. The van der Waals surface area contributed by atoms with Crippen LogP contribution in [0.4, 0.5) is 0 Å². The largest absolute Gasteiger partial charge is 0.479 e. The lowest BCUT2D eigenvalue weighted by Gasteiger charge is -2.43. The van der Waals surface area contributed by atoms with Crippen molar-refractivity contribution >= 4 is 17.6 Å². The standard InChI is InChI=1S/C29H36ClN3O4/c1-18(2)14-23-10-11-24(15-25(23)30)27-31-26(32-37-27)22-8-6-21(7-9-22)17-33-13-12-29(28(34)35,16-20(33)5)36-19(3)4/h6-11,15,18-20H,12-14,16-17H2,1-5H3,(H,34,35). The Morgan fingerprint density at radius 2 is 1.89 bits per heavy atom. The lowest BCUT2D eigenvalue weighted by molar-refractivity contribution is -0.183. The zero-order valence-electron chi connectivity index (χ0n) is 22.2. The summed E-state index contributed by atoms with van der Waals surface area (Å²) in [4.78, 5) is 18.9. The quantitative estimate of drug-likeness (QED) is 0.341. The summed E-state index contributed by atoms with van der Waals surface area (Å²) in [6.45, 7) is 11.6. The number of nitrogens with zero attached hydrogens (tertiary/aromatic N) is 3. The van der Waals surface area contributed by atoms with Gasteiger partial charge in [-0.2, -0.15) is 4.98 Å². The second-order valence-corrected chi connectivity index (χ2v) is 11.2. The Balaban J connectivity index is 1.41. The van der Waals surface area contributed by atoms with Crippen LogP contribution in [0.2, 0.25) is 5.02 Å². The first-order valence-corrected chi connectivity index (χ1v) is 13.3. The molecule has 2 atom stereocenters. The molecule has 0 aliphatic carbocycles. The van der Waals surface area contributed by atoms with Crippen molar-refractivity contribution in [1.29, 1.82) is 0 Å². The van der Waals surface area contributed by atoms with Gasteiger partial charge in [0.2, 0.25) is 5.82 Å². The maximum atomic E-state index is 12.0. The maximum absolute atomic E-state index is 12.0. The molecule has 198 valence electrons. The van der Waals surface area contributed by atoms with E-state index in [9.17, 15) is 9.90 Å². The van der Waals surface area contributed by atoms with E-state index in [0.717, 1.165) is 35.2 Å². The Labute approximate surface area is 223 Å². The van der Waals surface area contributed by atoms with Crippen LogP contribution in [0.25, 0.3) is 22.8 Å². The van der Waals surface area contributed by atoms with Crippen molar-refractivity contribution < 1.29 is 19.2 Å². The molecule has 2 aromatic carbocycles. The number of carboxylic acid groups (broad SMARTS) is 1. The third-order valence-corrected chi connectivity index (χ3v) is 7.21. The molecule has 37 heavy (non-hydrogen) atoms. The van der Waals surface area contributed by atoms with Gasteiger partial charge in [0.05, 0.1) is 6.10 Å². The van der Waals surface area contributed by atoms with E-state index in [0.29, 0.717) is 42.0 Å². The first-order valence-electron chi connectivity index (χ1n) is 12.9. The predicted molar refractivity (Wildman–Crippen MR) is 144 cm³/mol. The first kappa shape index (κ1) is 27.3. The number of benzene rings is 2. The normalized spacial score (nSPS) is 20.6. The van der Waals surface area contributed by atoms with Crippen LogP contribution >= 0.6 is 11.6 Å². The molecule has 4 rings (SSSR count). The molecule has 0 spiro atoms. The fraction of sp³-hybridized carbons (Fsp3) is 0.483. The van der Waals surface area contributed by atoms with Gasteiger partial charge in [0.15, 0.2) is 5.60 Å². The number of carbonyl (C=O) groups is 1. The summed E-state index contributed by atoms with van der Waals surface area (Å²) >= 11 is 6.48. The van der Waals surface area contributed by atoms with Crippen molar-refractivity contribution in [1.82, 2.24) is 15.0 Å². The van der Waals surface area contributed by atoms with Crippen LogP contribution < -0.4 is 0 Å². The van der Waals surface area contributed by atoms with Gasteiger partial charge in [-0.15, -0.1) is 0 Å². The van der Waals surface area contributed by atoms with Gasteiger partial charge >= 0.3 is 5.97 Å². The van der Waals surface area contributed by atoms with Gasteiger partial charge in [-0.05, 0) is 62.8 Å². The molecule has 2 unspecified atom stereocenters. The minimum atomic E-state index is -1.11. The van der Waals surface area contributed by atoms with Gasteiger partial charge in [-0.25, -0.2) is 4.79 Å². The predicted octanol–water partition coefficient (Wildman–Crippen LogP) is 6.49. The third-order valence-electron chi connectivity index (χ3n) is 6.85. The number of ether oxygens (including phenoxy) is 1. The van der Waals surface area contributed by atoms with Crippen LogP contribution in [-0.2, 0) is 22.5 Å². The van der Waals surface area contributed by atoms with E-state index < -0.39 is 11.6 Å². The van der Waals surface area contributed by atoms with Gasteiger partial charge in [0.25, 0.3) is 5.89 Å². The Kier molecular flexibility index (Phi) is 8.36. The Bertz CT molecular complexity index is 1220. The molecular formula is C29H36ClN3O4. The summed E-state index contributed by atoms with van der Waals surface area (Å²) in [6, 6.07) is 14.0. The highest BCUT2D eigenvalue weighted by molar-refractivity contribution is 6.31. The molecule has 1 N–H and O–H groups in total. The maximum Gasteiger partial charge on any atom is 0.336 e. The molecule has 1 aromatic heterocycles. The van der Waals surface area contributed by atoms with Crippen LogP contribution in [0.1, 0.15) is 58.6 Å². The van der Waals surface area contributed by atoms with Crippen molar-refractivity contribution in [3.8, 4) is 22.8 Å². The molecular weight excluding hydrogens is 490 g/mol. The topological polar surface area (TPSA) is 88.7 Å². The van der Waals surface area contributed by atoms with Crippen LogP contribution in [0.3, 0.4) is 0 Å². The second-order valence-electron chi connectivity index (χ2n) is 10.8. The van der Waals surface area contributed by atoms with E-state index in [1.54, 1.807) is 0 Å². The van der Waals surface area contributed by atoms with Gasteiger partial charge in [-0.3, -0.25) is 4.90 Å². The highest BCUT2D eigenvalue weighted by atomic mass is 35.5. The van der Waals surface area contributed by atoms with Gasteiger partial charge in [0.1, 0.15) is 0 Å². The van der Waals surface area contributed by atoms with Crippen molar-refractivity contribution in [2.45, 2.75) is 78.2 Å². The van der Waals surface area contributed by atoms with E-state index in [2.05, 4.69) is 47.9 Å². The number of aromatic nitrogens is 2. The lowest BCUT2D eigenvalue weighted by atomic mass is 9.86. The number of hydrogen-bond acceptors (Lipinski definition) is 6. The van der Waals surface area contributed by atoms with Crippen molar-refractivity contribution in [2.24, 2.45) is 5.92 Å². The van der Waals surface area contributed by atoms with Crippen molar-refractivity contribution in [3.05, 3.63) is 58.6 Å². The van der Waals surface area contributed by atoms with E-state index in [4.69, 9.17) is 20.9 Å². The van der Waals surface area contributed by atoms with Crippen LogP contribution in [0.5, 0.6) is 0 Å². The molecule has 0 saturated carbocycles.